The molecule has 0 aliphatic heterocycles. The van der Waals surface area contributed by atoms with Gasteiger partial charge in [-0.05, 0) is 24.0 Å². The third-order valence-electron chi connectivity index (χ3n) is 3.07. The topological polar surface area (TPSA) is 43.1 Å². The molecule has 0 saturated heterocycles. The van der Waals surface area contributed by atoms with Gasteiger partial charge in [0.05, 0.1) is 0 Å². The predicted octanol–water partition coefficient (Wildman–Crippen LogP) is 3.20. The summed E-state index contributed by atoms with van der Waals surface area (Å²) in [7, 11) is 0. The highest BCUT2D eigenvalue weighted by atomic mass is 16.1. The summed E-state index contributed by atoms with van der Waals surface area (Å²) in [6.07, 6.45) is 2.56. The number of rotatable bonds is 6. The lowest BCUT2D eigenvalue weighted by Gasteiger charge is -2.14. The summed E-state index contributed by atoms with van der Waals surface area (Å²) in [5.41, 5.74) is 7.96. The van der Waals surface area contributed by atoms with Gasteiger partial charge in [0.2, 0.25) is 0 Å². The molecule has 0 aliphatic carbocycles. The minimum absolute atomic E-state index is 0.0441. The fourth-order valence-electron chi connectivity index (χ4n) is 1.76. The summed E-state index contributed by atoms with van der Waals surface area (Å²) >= 11 is 0. The van der Waals surface area contributed by atoms with Crippen LogP contribution in [0, 0.1) is 5.92 Å². The zero-order chi connectivity index (χ0) is 12.8. The predicted molar refractivity (Wildman–Crippen MR) is 72.2 cm³/mol. The quantitative estimate of drug-likeness (QED) is 0.767. The van der Waals surface area contributed by atoms with E-state index in [1.54, 1.807) is 0 Å². The normalized spacial score (nSPS) is 12.8. The second-order valence-corrected chi connectivity index (χ2v) is 4.99. The van der Waals surface area contributed by atoms with Crippen LogP contribution in [0.4, 0.5) is 0 Å². The van der Waals surface area contributed by atoms with Gasteiger partial charge in [0.25, 0.3) is 0 Å². The molecule has 1 aromatic carbocycles. The smallest absolute Gasteiger partial charge is 0.164 e. The Bertz CT molecular complexity index is 371. The first-order valence-electron chi connectivity index (χ1n) is 6.42. The van der Waals surface area contributed by atoms with Gasteiger partial charge in [0.15, 0.2) is 5.78 Å². The lowest BCUT2D eigenvalue weighted by molar-refractivity contribution is 0.0967. The second kappa shape index (κ2) is 6.55. The first-order valence-corrected chi connectivity index (χ1v) is 6.42. The van der Waals surface area contributed by atoms with Crippen LogP contribution >= 0.6 is 0 Å². The fourth-order valence-corrected chi connectivity index (χ4v) is 1.76. The van der Waals surface area contributed by atoms with E-state index in [4.69, 9.17) is 5.73 Å². The maximum Gasteiger partial charge on any atom is 0.164 e. The molecule has 0 heterocycles. The molecular formula is C15H23NO. The number of Topliss-reactive ketones (excluding diaryl/α,β-unsaturated/α-hetero) is 1. The molecule has 1 unspecified atom stereocenters. The highest BCUT2D eigenvalue weighted by Crippen LogP contribution is 2.12. The Balaban J connectivity index is 2.71. The van der Waals surface area contributed by atoms with Crippen molar-refractivity contribution in [3.63, 3.8) is 0 Å². The molecule has 94 valence electrons. The Morgan fingerprint density at radius 2 is 2.06 bits per heavy atom. The largest absolute Gasteiger partial charge is 0.327 e. The standard InChI is InChI=1S/C15H23NO/c1-4-6-12-7-5-8-13(9-12)15(17)10-14(16)11(2)3/h5,7-9,11,14H,4,6,10,16H2,1-3H3. The molecule has 1 aromatic rings. The van der Waals surface area contributed by atoms with Crippen molar-refractivity contribution in [3.8, 4) is 0 Å². The minimum atomic E-state index is -0.0441. The Morgan fingerprint density at radius 1 is 1.35 bits per heavy atom. The van der Waals surface area contributed by atoms with Crippen LogP contribution in [0.2, 0.25) is 0 Å². The van der Waals surface area contributed by atoms with E-state index in [9.17, 15) is 4.79 Å². The van der Waals surface area contributed by atoms with Crippen molar-refractivity contribution in [1.82, 2.24) is 0 Å². The van der Waals surface area contributed by atoms with Crippen LogP contribution in [0.15, 0.2) is 24.3 Å². The van der Waals surface area contributed by atoms with E-state index in [-0.39, 0.29) is 11.8 Å². The molecule has 2 heteroatoms. The number of ketones is 1. The molecule has 0 bridgehead atoms. The van der Waals surface area contributed by atoms with Gasteiger partial charge >= 0.3 is 0 Å². The Kier molecular flexibility index (Phi) is 5.36. The summed E-state index contributed by atoms with van der Waals surface area (Å²) in [6, 6.07) is 7.87. The van der Waals surface area contributed by atoms with E-state index in [0.29, 0.717) is 12.3 Å². The molecule has 2 N–H and O–H groups in total. The van der Waals surface area contributed by atoms with Crippen molar-refractivity contribution >= 4 is 5.78 Å². The van der Waals surface area contributed by atoms with Crippen LogP contribution in [-0.2, 0) is 6.42 Å². The van der Waals surface area contributed by atoms with Crippen molar-refractivity contribution in [2.45, 2.75) is 46.1 Å². The van der Waals surface area contributed by atoms with E-state index in [1.807, 2.05) is 32.0 Å². The number of carbonyl (C=O) groups excluding carboxylic acids is 1. The van der Waals surface area contributed by atoms with Crippen molar-refractivity contribution in [3.05, 3.63) is 35.4 Å². The van der Waals surface area contributed by atoms with Gasteiger partial charge in [-0.2, -0.15) is 0 Å². The summed E-state index contributed by atoms with van der Waals surface area (Å²) in [6.45, 7) is 6.24. The molecule has 0 spiro atoms. The molecular weight excluding hydrogens is 210 g/mol. The number of nitrogens with two attached hydrogens (primary N) is 1. The number of hydrogen-bond acceptors (Lipinski definition) is 2. The molecule has 0 fully saturated rings. The maximum absolute atomic E-state index is 12.0. The molecule has 17 heavy (non-hydrogen) atoms. The molecule has 0 aliphatic rings. The molecule has 0 amide bonds. The van der Waals surface area contributed by atoms with Crippen LogP contribution < -0.4 is 5.73 Å². The number of hydrogen-bond donors (Lipinski definition) is 1. The lowest BCUT2D eigenvalue weighted by Crippen LogP contribution is -2.29. The second-order valence-electron chi connectivity index (χ2n) is 4.99. The van der Waals surface area contributed by atoms with Crippen molar-refractivity contribution in [2.75, 3.05) is 0 Å². The first kappa shape index (κ1) is 13.9. The summed E-state index contributed by atoms with van der Waals surface area (Å²) < 4.78 is 0. The van der Waals surface area contributed by atoms with Gasteiger partial charge in [-0.1, -0.05) is 45.4 Å². The van der Waals surface area contributed by atoms with Crippen LogP contribution in [0.1, 0.15) is 49.5 Å². The molecule has 0 saturated carbocycles. The van der Waals surface area contributed by atoms with E-state index in [1.165, 1.54) is 5.56 Å². The summed E-state index contributed by atoms with van der Waals surface area (Å²) in [4.78, 5) is 12.0. The zero-order valence-corrected chi connectivity index (χ0v) is 11.1. The zero-order valence-electron chi connectivity index (χ0n) is 11.1. The average molecular weight is 233 g/mol. The first-order chi connectivity index (χ1) is 8.04. The van der Waals surface area contributed by atoms with Crippen molar-refractivity contribution in [1.29, 1.82) is 0 Å². The van der Waals surface area contributed by atoms with Crippen molar-refractivity contribution in [2.24, 2.45) is 11.7 Å². The SMILES string of the molecule is CCCc1cccc(C(=O)CC(N)C(C)C)c1. The van der Waals surface area contributed by atoms with Crippen LogP contribution in [0.3, 0.4) is 0 Å². The molecule has 2 nitrogen and oxygen atoms in total. The van der Waals surface area contributed by atoms with Gasteiger partial charge in [-0.25, -0.2) is 0 Å². The maximum atomic E-state index is 12.0. The Morgan fingerprint density at radius 3 is 2.65 bits per heavy atom. The Labute approximate surface area is 104 Å². The molecule has 1 rings (SSSR count). The minimum Gasteiger partial charge on any atom is -0.327 e. The van der Waals surface area contributed by atoms with E-state index >= 15 is 0 Å². The number of carbonyl (C=O) groups is 1. The van der Waals surface area contributed by atoms with E-state index in [0.717, 1.165) is 18.4 Å². The van der Waals surface area contributed by atoms with Crippen molar-refractivity contribution < 1.29 is 4.79 Å². The van der Waals surface area contributed by atoms with Crippen LogP contribution in [0.25, 0.3) is 0 Å². The number of benzene rings is 1. The third kappa shape index (κ3) is 4.31. The van der Waals surface area contributed by atoms with Gasteiger partial charge in [0.1, 0.15) is 0 Å². The lowest BCUT2D eigenvalue weighted by atomic mass is 9.95. The third-order valence-corrected chi connectivity index (χ3v) is 3.07. The summed E-state index contributed by atoms with van der Waals surface area (Å²) in [5, 5.41) is 0. The van der Waals surface area contributed by atoms with E-state index in [2.05, 4.69) is 13.0 Å². The molecule has 0 radical (unpaired) electrons. The Hall–Kier alpha value is -1.15. The monoisotopic (exact) mass is 233 g/mol. The number of aryl methyl sites for hydroxylation is 1. The highest BCUT2D eigenvalue weighted by Gasteiger charge is 2.14. The fraction of sp³-hybridized carbons (Fsp3) is 0.533. The van der Waals surface area contributed by atoms with Gasteiger partial charge in [-0.15, -0.1) is 0 Å². The summed E-state index contributed by atoms with van der Waals surface area (Å²) in [5.74, 6) is 0.502. The average Bonchev–Trinajstić information content (AvgIpc) is 2.29. The van der Waals surface area contributed by atoms with Gasteiger partial charge < -0.3 is 5.73 Å². The van der Waals surface area contributed by atoms with Gasteiger partial charge in [-0.3, -0.25) is 4.79 Å². The van der Waals surface area contributed by atoms with Gasteiger partial charge in [0, 0.05) is 18.0 Å². The van der Waals surface area contributed by atoms with Crippen LogP contribution in [0.5, 0.6) is 0 Å². The molecule has 0 aromatic heterocycles. The van der Waals surface area contributed by atoms with Crippen LogP contribution in [-0.4, -0.2) is 11.8 Å². The molecule has 1 atom stereocenters. The highest BCUT2D eigenvalue weighted by molar-refractivity contribution is 5.96. The van der Waals surface area contributed by atoms with E-state index < -0.39 is 0 Å².